The highest BCUT2D eigenvalue weighted by Crippen LogP contribution is 2.28. The Morgan fingerprint density at radius 1 is 1.17 bits per heavy atom. The van der Waals surface area contributed by atoms with Gasteiger partial charge in [-0.25, -0.2) is 4.98 Å². The van der Waals surface area contributed by atoms with Crippen molar-refractivity contribution in [1.82, 2.24) is 4.98 Å². The van der Waals surface area contributed by atoms with Crippen LogP contribution in [0, 0.1) is 0 Å². The largest absolute Gasteiger partial charge is 0.439 e. The molecule has 2 aromatic rings. The second kappa shape index (κ2) is 5.57. The Morgan fingerprint density at radius 2 is 1.83 bits per heavy atom. The number of aromatic nitrogens is 1. The summed E-state index contributed by atoms with van der Waals surface area (Å²) in [6.45, 7) is 1.68. The van der Waals surface area contributed by atoms with Gasteiger partial charge in [-0.3, -0.25) is 0 Å². The molecule has 94 valence electrons. The first-order chi connectivity index (χ1) is 8.54. The predicted molar refractivity (Wildman–Crippen MR) is 71.4 cm³/mol. The molecular weight excluding hydrogens is 273 g/mol. The van der Waals surface area contributed by atoms with E-state index in [-0.39, 0.29) is 0 Å². The van der Waals surface area contributed by atoms with E-state index < -0.39 is 6.10 Å². The number of nitrogens with zero attached hydrogens (tertiary/aromatic N) is 1. The Labute approximate surface area is 115 Å². The topological polar surface area (TPSA) is 42.4 Å². The molecule has 18 heavy (non-hydrogen) atoms. The minimum Gasteiger partial charge on any atom is -0.439 e. The van der Waals surface area contributed by atoms with E-state index in [0.717, 1.165) is 5.56 Å². The third-order valence-corrected chi connectivity index (χ3v) is 2.74. The molecule has 0 aliphatic rings. The molecule has 1 atom stereocenters. The van der Waals surface area contributed by atoms with E-state index in [4.69, 9.17) is 27.9 Å². The molecule has 0 saturated heterocycles. The van der Waals surface area contributed by atoms with Gasteiger partial charge in [-0.15, -0.1) is 0 Å². The summed E-state index contributed by atoms with van der Waals surface area (Å²) in [5.41, 5.74) is 0.730. The highest BCUT2D eigenvalue weighted by Gasteiger charge is 2.05. The summed E-state index contributed by atoms with van der Waals surface area (Å²) in [4.78, 5) is 4.06. The number of halogens is 2. The van der Waals surface area contributed by atoms with Crippen molar-refractivity contribution < 1.29 is 9.84 Å². The lowest BCUT2D eigenvalue weighted by Crippen LogP contribution is -1.94. The molecule has 0 bridgehead atoms. The smallest absolute Gasteiger partial charge is 0.219 e. The van der Waals surface area contributed by atoms with Gasteiger partial charge >= 0.3 is 0 Å². The van der Waals surface area contributed by atoms with Gasteiger partial charge in [0.1, 0.15) is 5.75 Å². The molecule has 0 spiro atoms. The Balaban J connectivity index is 2.25. The fraction of sp³-hybridized carbons (Fsp3) is 0.154. The van der Waals surface area contributed by atoms with Crippen molar-refractivity contribution in [2.45, 2.75) is 13.0 Å². The number of benzene rings is 1. The van der Waals surface area contributed by atoms with E-state index in [9.17, 15) is 5.11 Å². The molecule has 1 aromatic heterocycles. The fourth-order valence-corrected chi connectivity index (χ4v) is 1.95. The van der Waals surface area contributed by atoms with Crippen LogP contribution in [0.25, 0.3) is 0 Å². The number of aliphatic hydroxyl groups excluding tert-OH is 1. The molecule has 0 saturated carbocycles. The van der Waals surface area contributed by atoms with Gasteiger partial charge in [-0.1, -0.05) is 23.2 Å². The molecule has 1 aromatic carbocycles. The SMILES string of the molecule is C[C@H](O)c1ccnc(Oc2cc(Cl)cc(Cl)c2)c1. The van der Waals surface area contributed by atoms with Gasteiger partial charge in [-0.2, -0.15) is 0 Å². The van der Waals surface area contributed by atoms with Crippen molar-refractivity contribution >= 4 is 23.2 Å². The molecule has 0 amide bonds. The molecule has 3 nitrogen and oxygen atoms in total. The summed E-state index contributed by atoms with van der Waals surface area (Å²) in [6, 6.07) is 8.30. The first-order valence-corrected chi connectivity index (χ1v) is 6.08. The van der Waals surface area contributed by atoms with Gasteiger partial charge in [-0.05, 0) is 36.8 Å². The van der Waals surface area contributed by atoms with E-state index in [1.165, 1.54) is 0 Å². The molecule has 0 fully saturated rings. The lowest BCUT2D eigenvalue weighted by Gasteiger charge is -2.08. The van der Waals surface area contributed by atoms with Crippen molar-refractivity contribution in [2.24, 2.45) is 0 Å². The van der Waals surface area contributed by atoms with Gasteiger partial charge in [0.05, 0.1) is 6.10 Å². The van der Waals surface area contributed by atoms with Crippen LogP contribution in [-0.4, -0.2) is 10.1 Å². The molecule has 2 rings (SSSR count). The Morgan fingerprint density at radius 3 is 2.44 bits per heavy atom. The summed E-state index contributed by atoms with van der Waals surface area (Å²) in [5, 5.41) is 10.5. The molecule has 0 radical (unpaired) electrons. The van der Waals surface area contributed by atoms with Crippen molar-refractivity contribution in [3.63, 3.8) is 0 Å². The first-order valence-electron chi connectivity index (χ1n) is 5.32. The van der Waals surface area contributed by atoms with Crippen LogP contribution in [0.4, 0.5) is 0 Å². The van der Waals surface area contributed by atoms with Crippen LogP contribution < -0.4 is 4.74 Å². The van der Waals surface area contributed by atoms with Gasteiger partial charge in [0.2, 0.25) is 5.88 Å². The molecular formula is C13H11Cl2NO2. The Kier molecular flexibility index (Phi) is 4.07. The maximum atomic E-state index is 9.48. The molecule has 5 heteroatoms. The zero-order valence-corrected chi connectivity index (χ0v) is 11.1. The Hall–Kier alpha value is -1.29. The summed E-state index contributed by atoms with van der Waals surface area (Å²) < 4.78 is 5.54. The van der Waals surface area contributed by atoms with Crippen LogP contribution in [0.15, 0.2) is 36.5 Å². The highest BCUT2D eigenvalue weighted by atomic mass is 35.5. The van der Waals surface area contributed by atoms with Crippen LogP contribution >= 0.6 is 23.2 Å². The minimum absolute atomic E-state index is 0.381. The number of ether oxygens (including phenoxy) is 1. The van der Waals surface area contributed by atoms with Crippen molar-refractivity contribution in [3.8, 4) is 11.6 Å². The molecule has 1 heterocycles. The van der Waals surface area contributed by atoms with Crippen molar-refractivity contribution in [2.75, 3.05) is 0 Å². The van der Waals surface area contributed by atoms with Crippen molar-refractivity contribution in [3.05, 3.63) is 52.1 Å². The number of hydrogen-bond donors (Lipinski definition) is 1. The number of pyridine rings is 1. The van der Waals surface area contributed by atoms with E-state index in [0.29, 0.717) is 21.7 Å². The summed E-state index contributed by atoms with van der Waals surface area (Å²) >= 11 is 11.7. The van der Waals surface area contributed by atoms with Crippen LogP contribution in [-0.2, 0) is 0 Å². The van der Waals surface area contributed by atoms with Crippen LogP contribution in [0.1, 0.15) is 18.6 Å². The quantitative estimate of drug-likeness (QED) is 0.916. The third kappa shape index (κ3) is 3.35. The standard InChI is InChI=1S/C13H11Cl2NO2/c1-8(17)9-2-3-16-13(4-9)18-12-6-10(14)5-11(15)7-12/h2-8,17H,1H3/t8-/m0/s1. The summed E-state index contributed by atoms with van der Waals surface area (Å²) in [6.07, 6.45) is 1.00. The summed E-state index contributed by atoms with van der Waals surface area (Å²) in [5.74, 6) is 0.884. The average Bonchev–Trinajstić information content (AvgIpc) is 2.27. The van der Waals surface area contributed by atoms with Crippen molar-refractivity contribution in [1.29, 1.82) is 0 Å². The zero-order chi connectivity index (χ0) is 13.1. The van der Waals surface area contributed by atoms with Gasteiger partial charge in [0.25, 0.3) is 0 Å². The third-order valence-electron chi connectivity index (χ3n) is 2.30. The van der Waals surface area contributed by atoms with Gasteiger partial charge in [0.15, 0.2) is 0 Å². The lowest BCUT2D eigenvalue weighted by molar-refractivity contribution is 0.198. The molecule has 0 aliphatic carbocycles. The number of aliphatic hydroxyl groups is 1. The second-order valence-electron chi connectivity index (χ2n) is 3.81. The van der Waals surface area contributed by atoms with E-state index in [1.807, 2.05) is 0 Å². The van der Waals surface area contributed by atoms with Crippen LogP contribution in [0.5, 0.6) is 11.6 Å². The van der Waals surface area contributed by atoms with Gasteiger partial charge in [0, 0.05) is 22.3 Å². The van der Waals surface area contributed by atoms with Crippen LogP contribution in [0.2, 0.25) is 10.0 Å². The fourth-order valence-electron chi connectivity index (χ4n) is 1.45. The van der Waals surface area contributed by atoms with E-state index in [2.05, 4.69) is 4.98 Å². The minimum atomic E-state index is -0.571. The molecule has 0 aliphatic heterocycles. The second-order valence-corrected chi connectivity index (χ2v) is 4.68. The lowest BCUT2D eigenvalue weighted by atomic mass is 10.2. The molecule has 0 unspecified atom stereocenters. The van der Waals surface area contributed by atoms with Gasteiger partial charge < -0.3 is 9.84 Å². The van der Waals surface area contributed by atoms with E-state index in [1.54, 1.807) is 43.5 Å². The number of rotatable bonds is 3. The maximum absolute atomic E-state index is 9.48. The normalized spacial score (nSPS) is 12.2. The van der Waals surface area contributed by atoms with E-state index >= 15 is 0 Å². The zero-order valence-electron chi connectivity index (χ0n) is 9.60. The molecule has 1 N–H and O–H groups in total. The summed E-state index contributed by atoms with van der Waals surface area (Å²) in [7, 11) is 0. The average molecular weight is 284 g/mol. The van der Waals surface area contributed by atoms with Crippen LogP contribution in [0.3, 0.4) is 0 Å². The monoisotopic (exact) mass is 283 g/mol. The Bertz CT molecular complexity index is 538. The number of hydrogen-bond acceptors (Lipinski definition) is 3. The highest BCUT2D eigenvalue weighted by molar-refractivity contribution is 6.34. The maximum Gasteiger partial charge on any atom is 0.219 e. The first kappa shape index (κ1) is 13.1. The predicted octanol–water partition coefficient (Wildman–Crippen LogP) is 4.23.